The zero-order chi connectivity index (χ0) is 17.1. The molecule has 0 fully saturated rings. The highest BCUT2D eigenvalue weighted by molar-refractivity contribution is 5.98. The van der Waals surface area contributed by atoms with Gasteiger partial charge in [0.2, 0.25) is 0 Å². The first-order valence-electron chi connectivity index (χ1n) is 7.73. The van der Waals surface area contributed by atoms with E-state index in [1.807, 2.05) is 47.4 Å². The van der Waals surface area contributed by atoms with E-state index in [1.54, 1.807) is 14.2 Å². The van der Waals surface area contributed by atoms with Crippen LogP contribution < -0.4 is 9.47 Å². The van der Waals surface area contributed by atoms with Crippen molar-refractivity contribution < 1.29 is 14.3 Å². The Labute approximate surface area is 142 Å². The molecule has 0 spiro atoms. The minimum atomic E-state index is -0.199. The molecule has 2 aromatic rings. The normalized spacial score (nSPS) is 14.0. The van der Waals surface area contributed by atoms with Crippen LogP contribution in [0.15, 0.2) is 42.5 Å². The van der Waals surface area contributed by atoms with Crippen molar-refractivity contribution in [3.05, 3.63) is 59.2 Å². The molecule has 1 aliphatic rings. The lowest BCUT2D eigenvalue weighted by Gasteiger charge is -2.27. The molecule has 1 unspecified atom stereocenters. The summed E-state index contributed by atoms with van der Waals surface area (Å²) in [5.74, 6) is 3.98. The third-order valence-electron chi connectivity index (χ3n) is 4.33. The maximum absolute atomic E-state index is 12.8. The second kappa shape index (κ2) is 6.67. The van der Waals surface area contributed by atoms with E-state index in [0.717, 1.165) is 16.7 Å². The predicted molar refractivity (Wildman–Crippen MR) is 92.1 cm³/mol. The van der Waals surface area contributed by atoms with Crippen molar-refractivity contribution in [2.24, 2.45) is 0 Å². The van der Waals surface area contributed by atoms with E-state index in [1.165, 1.54) is 0 Å². The molecule has 0 saturated carbocycles. The summed E-state index contributed by atoms with van der Waals surface area (Å²) in [5, 5.41) is 0. The maximum Gasteiger partial charge on any atom is 0.255 e. The van der Waals surface area contributed by atoms with E-state index >= 15 is 0 Å². The van der Waals surface area contributed by atoms with Crippen LogP contribution >= 0.6 is 0 Å². The van der Waals surface area contributed by atoms with Crippen LogP contribution in [0.3, 0.4) is 0 Å². The number of methoxy groups -OCH3 is 2. The average Bonchev–Trinajstić information content (AvgIpc) is 2.96. The standard InChI is InChI=1S/C20H19NO3/c1-4-7-17(14-10-11-18(23-2)19(12-14)24-3)21-13-15-8-5-6-9-16(15)20(21)22/h1,5-6,8-12,17H,7,13H2,2-3H3. The molecule has 1 aliphatic heterocycles. The summed E-state index contributed by atoms with van der Waals surface area (Å²) < 4.78 is 10.7. The van der Waals surface area contributed by atoms with Gasteiger partial charge in [0, 0.05) is 18.5 Å². The number of carbonyl (C=O) groups excluding carboxylic acids is 1. The molecule has 0 saturated heterocycles. The Morgan fingerprint density at radius 3 is 2.58 bits per heavy atom. The van der Waals surface area contributed by atoms with Gasteiger partial charge < -0.3 is 14.4 Å². The summed E-state index contributed by atoms with van der Waals surface area (Å²) in [6.07, 6.45) is 6.01. The Hall–Kier alpha value is -2.93. The van der Waals surface area contributed by atoms with Crippen molar-refractivity contribution in [3.63, 3.8) is 0 Å². The molecule has 0 N–H and O–H groups in total. The van der Waals surface area contributed by atoms with Gasteiger partial charge in [0.25, 0.3) is 5.91 Å². The predicted octanol–water partition coefficient (Wildman–Crippen LogP) is 3.42. The Morgan fingerprint density at radius 2 is 1.92 bits per heavy atom. The Morgan fingerprint density at radius 1 is 1.17 bits per heavy atom. The molecule has 0 aromatic heterocycles. The third-order valence-corrected chi connectivity index (χ3v) is 4.33. The van der Waals surface area contributed by atoms with Gasteiger partial charge in [-0.2, -0.15) is 0 Å². The van der Waals surface area contributed by atoms with Gasteiger partial charge in [-0.25, -0.2) is 0 Å². The van der Waals surface area contributed by atoms with Crippen LogP contribution in [0, 0.1) is 12.3 Å². The first-order valence-corrected chi connectivity index (χ1v) is 7.73. The maximum atomic E-state index is 12.8. The summed E-state index contributed by atoms with van der Waals surface area (Å²) in [7, 11) is 3.19. The monoisotopic (exact) mass is 321 g/mol. The first kappa shape index (κ1) is 15.9. The zero-order valence-electron chi connectivity index (χ0n) is 13.8. The molecule has 0 bridgehead atoms. The van der Waals surface area contributed by atoms with Crippen molar-refractivity contribution >= 4 is 5.91 Å². The SMILES string of the molecule is C#CCC(c1ccc(OC)c(OC)c1)N1Cc2ccccc2C1=O. The molecule has 0 aliphatic carbocycles. The highest BCUT2D eigenvalue weighted by Gasteiger charge is 2.33. The van der Waals surface area contributed by atoms with Crippen molar-refractivity contribution in [1.29, 1.82) is 0 Å². The fraction of sp³-hybridized carbons (Fsp3) is 0.250. The number of nitrogens with zero attached hydrogens (tertiary/aromatic N) is 1. The average molecular weight is 321 g/mol. The molecule has 4 heteroatoms. The second-order valence-corrected chi connectivity index (χ2v) is 5.63. The topological polar surface area (TPSA) is 38.8 Å². The van der Waals surface area contributed by atoms with Crippen LogP contribution in [0.1, 0.15) is 33.9 Å². The van der Waals surface area contributed by atoms with Crippen molar-refractivity contribution in [2.75, 3.05) is 14.2 Å². The lowest BCUT2D eigenvalue weighted by Crippen LogP contribution is -2.29. The number of hydrogen-bond acceptors (Lipinski definition) is 3. The number of fused-ring (bicyclic) bond motifs is 1. The highest BCUT2D eigenvalue weighted by atomic mass is 16.5. The van der Waals surface area contributed by atoms with Crippen LogP contribution in [0.5, 0.6) is 11.5 Å². The number of carbonyl (C=O) groups is 1. The lowest BCUT2D eigenvalue weighted by atomic mass is 10.0. The summed E-state index contributed by atoms with van der Waals surface area (Å²) in [4.78, 5) is 14.6. The number of rotatable bonds is 5. The van der Waals surface area contributed by atoms with Gasteiger partial charge in [-0.3, -0.25) is 4.79 Å². The van der Waals surface area contributed by atoms with Gasteiger partial charge >= 0.3 is 0 Å². The molecule has 1 heterocycles. The van der Waals surface area contributed by atoms with E-state index in [2.05, 4.69) is 5.92 Å². The molecule has 1 amide bonds. The van der Waals surface area contributed by atoms with E-state index in [9.17, 15) is 4.79 Å². The largest absolute Gasteiger partial charge is 0.493 e. The van der Waals surface area contributed by atoms with Gasteiger partial charge in [-0.1, -0.05) is 24.3 Å². The van der Waals surface area contributed by atoms with Gasteiger partial charge in [-0.15, -0.1) is 12.3 Å². The molecule has 3 rings (SSSR count). The molecular formula is C20H19NO3. The smallest absolute Gasteiger partial charge is 0.255 e. The molecule has 24 heavy (non-hydrogen) atoms. The van der Waals surface area contributed by atoms with Crippen LogP contribution in [-0.4, -0.2) is 25.0 Å². The van der Waals surface area contributed by atoms with E-state index < -0.39 is 0 Å². The third kappa shape index (κ3) is 2.69. The van der Waals surface area contributed by atoms with E-state index in [0.29, 0.717) is 24.5 Å². The lowest BCUT2D eigenvalue weighted by molar-refractivity contribution is 0.0704. The van der Waals surface area contributed by atoms with Crippen molar-refractivity contribution in [3.8, 4) is 23.8 Å². The number of terminal acetylenes is 1. The highest BCUT2D eigenvalue weighted by Crippen LogP contribution is 2.37. The molecule has 4 nitrogen and oxygen atoms in total. The molecule has 2 aromatic carbocycles. The number of ether oxygens (including phenoxy) is 2. The summed E-state index contributed by atoms with van der Waals surface area (Å²) >= 11 is 0. The van der Waals surface area contributed by atoms with Gasteiger partial charge in [-0.05, 0) is 29.3 Å². The number of hydrogen-bond donors (Lipinski definition) is 0. The molecule has 1 atom stereocenters. The quantitative estimate of drug-likeness (QED) is 0.792. The van der Waals surface area contributed by atoms with Crippen molar-refractivity contribution in [2.45, 2.75) is 19.0 Å². The van der Waals surface area contributed by atoms with Crippen LogP contribution in [0.25, 0.3) is 0 Å². The Kier molecular flexibility index (Phi) is 4.43. The van der Waals surface area contributed by atoms with E-state index in [4.69, 9.17) is 15.9 Å². The summed E-state index contributed by atoms with van der Waals surface area (Å²) in [6, 6.07) is 13.1. The van der Waals surface area contributed by atoms with Crippen LogP contribution in [0.4, 0.5) is 0 Å². The van der Waals surface area contributed by atoms with Gasteiger partial charge in [0.05, 0.1) is 20.3 Å². The second-order valence-electron chi connectivity index (χ2n) is 5.63. The molecule has 0 radical (unpaired) electrons. The van der Waals surface area contributed by atoms with Gasteiger partial charge in [0.15, 0.2) is 11.5 Å². The van der Waals surface area contributed by atoms with Crippen LogP contribution in [0.2, 0.25) is 0 Å². The summed E-state index contributed by atoms with van der Waals surface area (Å²) in [5.41, 5.74) is 2.72. The first-order chi connectivity index (χ1) is 11.7. The van der Waals surface area contributed by atoms with Crippen molar-refractivity contribution in [1.82, 2.24) is 4.90 Å². The fourth-order valence-corrected chi connectivity index (χ4v) is 3.11. The number of amides is 1. The summed E-state index contributed by atoms with van der Waals surface area (Å²) in [6.45, 7) is 0.565. The van der Waals surface area contributed by atoms with Crippen LogP contribution in [-0.2, 0) is 6.54 Å². The number of benzene rings is 2. The Bertz CT molecular complexity index is 807. The Balaban J connectivity index is 1.97. The molecule has 122 valence electrons. The molecular weight excluding hydrogens is 302 g/mol. The zero-order valence-corrected chi connectivity index (χ0v) is 13.8. The van der Waals surface area contributed by atoms with E-state index in [-0.39, 0.29) is 11.9 Å². The minimum Gasteiger partial charge on any atom is -0.493 e. The minimum absolute atomic E-state index is 0.0145. The van der Waals surface area contributed by atoms with Gasteiger partial charge in [0.1, 0.15) is 0 Å². The fourth-order valence-electron chi connectivity index (χ4n) is 3.11.